The molecule has 104 valence electrons. The molecule has 2 N–H and O–H groups in total. The SMILES string of the molecule is COCCNS(=O)(=O)N1CC(=O)NC(=O)C1(C)C. The minimum absolute atomic E-state index is 0.0707. The first-order chi connectivity index (χ1) is 8.21. The van der Waals surface area contributed by atoms with Crippen molar-refractivity contribution in [3.05, 3.63) is 0 Å². The average molecular weight is 279 g/mol. The maximum Gasteiger partial charge on any atom is 0.280 e. The van der Waals surface area contributed by atoms with E-state index in [1.165, 1.54) is 21.0 Å². The van der Waals surface area contributed by atoms with Gasteiger partial charge in [-0.25, -0.2) is 0 Å². The summed E-state index contributed by atoms with van der Waals surface area (Å²) >= 11 is 0. The van der Waals surface area contributed by atoms with Crippen LogP contribution in [0, 0.1) is 0 Å². The van der Waals surface area contributed by atoms with Gasteiger partial charge in [0.25, 0.3) is 10.2 Å². The fraction of sp³-hybridized carbons (Fsp3) is 0.778. The van der Waals surface area contributed by atoms with Crippen LogP contribution in [0.4, 0.5) is 0 Å². The quantitative estimate of drug-likeness (QED) is 0.456. The second-order valence-corrected chi connectivity index (χ2v) is 6.01. The second-order valence-electron chi connectivity index (χ2n) is 4.34. The van der Waals surface area contributed by atoms with Crippen molar-refractivity contribution in [2.45, 2.75) is 19.4 Å². The van der Waals surface area contributed by atoms with E-state index in [1.54, 1.807) is 0 Å². The van der Waals surface area contributed by atoms with Gasteiger partial charge in [0.15, 0.2) is 0 Å². The van der Waals surface area contributed by atoms with Crippen LogP contribution < -0.4 is 10.0 Å². The first kappa shape index (κ1) is 15.0. The largest absolute Gasteiger partial charge is 0.383 e. The third-order valence-electron chi connectivity index (χ3n) is 2.60. The summed E-state index contributed by atoms with van der Waals surface area (Å²) < 4.78 is 31.8. The fourth-order valence-electron chi connectivity index (χ4n) is 1.50. The lowest BCUT2D eigenvalue weighted by Gasteiger charge is -2.38. The Morgan fingerprint density at radius 1 is 1.44 bits per heavy atom. The highest BCUT2D eigenvalue weighted by Gasteiger charge is 2.46. The number of rotatable bonds is 5. The molecule has 2 amide bonds. The number of hydrogen-bond donors (Lipinski definition) is 2. The number of nitrogens with zero attached hydrogens (tertiary/aromatic N) is 1. The van der Waals surface area contributed by atoms with E-state index in [0.29, 0.717) is 0 Å². The molecule has 0 aromatic carbocycles. The van der Waals surface area contributed by atoms with Crippen LogP contribution in [0.2, 0.25) is 0 Å². The van der Waals surface area contributed by atoms with E-state index in [0.717, 1.165) is 4.31 Å². The molecule has 1 aliphatic rings. The monoisotopic (exact) mass is 279 g/mol. The molecule has 0 atom stereocenters. The van der Waals surface area contributed by atoms with Gasteiger partial charge in [0.05, 0.1) is 13.2 Å². The van der Waals surface area contributed by atoms with Gasteiger partial charge in [-0.2, -0.15) is 17.4 Å². The Bertz CT molecular complexity index is 445. The summed E-state index contributed by atoms with van der Waals surface area (Å²) in [4.78, 5) is 22.9. The molecular formula is C9H17N3O5S. The van der Waals surface area contributed by atoms with Crippen molar-refractivity contribution in [3.63, 3.8) is 0 Å². The molecule has 0 saturated carbocycles. The lowest BCUT2D eigenvalue weighted by molar-refractivity contribution is -0.141. The van der Waals surface area contributed by atoms with E-state index < -0.39 is 27.6 Å². The van der Waals surface area contributed by atoms with Gasteiger partial charge in [-0.1, -0.05) is 0 Å². The van der Waals surface area contributed by atoms with Crippen LogP contribution >= 0.6 is 0 Å². The number of methoxy groups -OCH3 is 1. The van der Waals surface area contributed by atoms with Crippen LogP contribution in [0.25, 0.3) is 0 Å². The van der Waals surface area contributed by atoms with Crippen LogP contribution in [-0.2, 0) is 24.5 Å². The summed E-state index contributed by atoms with van der Waals surface area (Å²) in [5, 5.41) is 2.10. The normalized spacial score (nSPS) is 20.8. The van der Waals surface area contributed by atoms with Gasteiger partial charge in [0, 0.05) is 13.7 Å². The number of amides is 2. The lowest BCUT2D eigenvalue weighted by Crippen LogP contribution is -2.67. The summed E-state index contributed by atoms with van der Waals surface area (Å²) in [7, 11) is -2.47. The van der Waals surface area contributed by atoms with E-state index in [-0.39, 0.29) is 19.7 Å². The lowest BCUT2D eigenvalue weighted by atomic mass is 10.0. The van der Waals surface area contributed by atoms with E-state index in [1.807, 2.05) is 0 Å². The molecule has 0 aromatic heterocycles. The summed E-state index contributed by atoms with van der Waals surface area (Å²) in [5.41, 5.74) is -1.31. The standard InChI is InChI=1S/C9H17N3O5S/c1-9(2)8(14)11-7(13)6-12(9)18(15,16)10-4-5-17-3/h10H,4-6H2,1-3H3,(H,11,13,14). The fourth-order valence-corrected chi connectivity index (χ4v) is 2.96. The predicted molar refractivity (Wildman–Crippen MR) is 62.7 cm³/mol. The third-order valence-corrected chi connectivity index (χ3v) is 4.33. The number of imide groups is 1. The molecule has 0 aliphatic carbocycles. The number of carbonyl (C=O) groups excluding carboxylic acids is 2. The minimum Gasteiger partial charge on any atom is -0.383 e. The highest BCUT2D eigenvalue weighted by atomic mass is 32.2. The molecule has 1 heterocycles. The molecule has 9 heteroatoms. The highest BCUT2D eigenvalue weighted by Crippen LogP contribution is 2.20. The first-order valence-electron chi connectivity index (χ1n) is 5.32. The Kier molecular flexibility index (Phi) is 4.43. The zero-order chi connectivity index (χ0) is 14.0. The van der Waals surface area contributed by atoms with Gasteiger partial charge in [0.1, 0.15) is 5.54 Å². The molecule has 0 radical (unpaired) electrons. The van der Waals surface area contributed by atoms with Crippen LogP contribution in [0.1, 0.15) is 13.8 Å². The van der Waals surface area contributed by atoms with Gasteiger partial charge in [-0.3, -0.25) is 14.9 Å². The van der Waals surface area contributed by atoms with Crippen molar-refractivity contribution in [2.75, 3.05) is 26.8 Å². The molecule has 1 rings (SSSR count). The molecule has 0 aromatic rings. The summed E-state index contributed by atoms with van der Waals surface area (Å²) in [6.07, 6.45) is 0. The topological polar surface area (TPSA) is 105 Å². The molecule has 1 aliphatic heterocycles. The van der Waals surface area contributed by atoms with E-state index in [4.69, 9.17) is 4.74 Å². The van der Waals surface area contributed by atoms with Crippen molar-refractivity contribution >= 4 is 22.0 Å². The Balaban J connectivity index is 2.91. The summed E-state index contributed by atoms with van der Waals surface area (Å²) in [6.45, 7) is 2.75. The van der Waals surface area contributed by atoms with Gasteiger partial charge in [-0.15, -0.1) is 0 Å². The van der Waals surface area contributed by atoms with Crippen LogP contribution in [0.3, 0.4) is 0 Å². The third kappa shape index (κ3) is 3.05. The molecule has 8 nitrogen and oxygen atoms in total. The summed E-state index contributed by atoms with van der Waals surface area (Å²) in [6, 6.07) is 0. The molecule has 0 bridgehead atoms. The molecule has 0 spiro atoms. The van der Waals surface area contributed by atoms with Crippen LogP contribution in [0.5, 0.6) is 0 Å². The Hall–Kier alpha value is -1.03. The molecular weight excluding hydrogens is 262 g/mol. The van der Waals surface area contributed by atoms with Crippen molar-refractivity contribution < 1.29 is 22.7 Å². The first-order valence-corrected chi connectivity index (χ1v) is 6.76. The molecule has 0 unspecified atom stereocenters. The summed E-state index contributed by atoms with van der Waals surface area (Å²) in [5.74, 6) is -1.28. The Morgan fingerprint density at radius 2 is 2.06 bits per heavy atom. The zero-order valence-electron chi connectivity index (χ0n) is 10.5. The second kappa shape index (κ2) is 5.31. The molecule has 1 saturated heterocycles. The van der Waals surface area contributed by atoms with E-state index >= 15 is 0 Å². The van der Waals surface area contributed by atoms with E-state index in [2.05, 4.69) is 10.0 Å². The van der Waals surface area contributed by atoms with Crippen molar-refractivity contribution in [1.29, 1.82) is 0 Å². The van der Waals surface area contributed by atoms with Crippen molar-refractivity contribution in [3.8, 4) is 0 Å². The Labute approximate surface area is 106 Å². The van der Waals surface area contributed by atoms with Gasteiger partial charge >= 0.3 is 0 Å². The van der Waals surface area contributed by atoms with E-state index in [9.17, 15) is 18.0 Å². The smallest absolute Gasteiger partial charge is 0.280 e. The van der Waals surface area contributed by atoms with Crippen LogP contribution in [0.15, 0.2) is 0 Å². The number of ether oxygens (including phenoxy) is 1. The highest BCUT2D eigenvalue weighted by molar-refractivity contribution is 7.87. The minimum atomic E-state index is -3.91. The maximum absolute atomic E-state index is 12.0. The van der Waals surface area contributed by atoms with Crippen molar-refractivity contribution in [1.82, 2.24) is 14.3 Å². The van der Waals surface area contributed by atoms with Gasteiger partial charge < -0.3 is 4.74 Å². The number of carbonyl (C=O) groups is 2. The average Bonchev–Trinajstić information content (AvgIpc) is 2.24. The zero-order valence-corrected chi connectivity index (χ0v) is 11.3. The van der Waals surface area contributed by atoms with Crippen molar-refractivity contribution in [2.24, 2.45) is 0 Å². The Morgan fingerprint density at radius 3 is 2.61 bits per heavy atom. The van der Waals surface area contributed by atoms with Crippen LogP contribution in [-0.4, -0.2) is 56.9 Å². The number of piperazine rings is 1. The molecule has 1 fully saturated rings. The molecule has 18 heavy (non-hydrogen) atoms. The maximum atomic E-state index is 12.0. The van der Waals surface area contributed by atoms with Gasteiger partial charge in [0.2, 0.25) is 11.8 Å². The number of nitrogens with one attached hydrogen (secondary N) is 2. The predicted octanol–water partition coefficient (Wildman–Crippen LogP) is -1.80. The number of hydrogen-bond acceptors (Lipinski definition) is 5. The van der Waals surface area contributed by atoms with Gasteiger partial charge in [-0.05, 0) is 13.8 Å².